The van der Waals surface area contributed by atoms with Crippen molar-refractivity contribution in [3.8, 4) is 44.5 Å². The lowest BCUT2D eigenvalue weighted by Gasteiger charge is -2.13. The van der Waals surface area contributed by atoms with Gasteiger partial charge < -0.3 is 10.2 Å². The Balaban J connectivity index is 1.71. The third kappa shape index (κ3) is 2.04. The number of hydrogen-bond donors (Lipinski definition) is 2. The number of thiophene rings is 1. The van der Waals surface area contributed by atoms with Gasteiger partial charge in [0, 0.05) is 34.4 Å². The molecule has 0 spiro atoms. The van der Waals surface area contributed by atoms with Gasteiger partial charge in [-0.3, -0.25) is 0 Å². The van der Waals surface area contributed by atoms with Gasteiger partial charge in [-0.2, -0.15) is 0 Å². The van der Waals surface area contributed by atoms with Crippen molar-refractivity contribution in [1.82, 2.24) is 4.98 Å². The van der Waals surface area contributed by atoms with E-state index < -0.39 is 0 Å². The molecule has 6 rings (SSSR count). The van der Waals surface area contributed by atoms with Crippen LogP contribution in [-0.4, -0.2) is 15.2 Å². The molecule has 0 unspecified atom stereocenters. The first kappa shape index (κ1) is 15.0. The Morgan fingerprint density at radius 1 is 0.778 bits per heavy atom. The molecule has 0 saturated heterocycles. The first-order chi connectivity index (χ1) is 13.2. The average Bonchev–Trinajstić information content (AvgIpc) is 3.37. The van der Waals surface area contributed by atoms with Gasteiger partial charge in [0.1, 0.15) is 11.5 Å². The van der Waals surface area contributed by atoms with Gasteiger partial charge in [0.25, 0.3) is 0 Å². The highest BCUT2D eigenvalue weighted by Crippen LogP contribution is 2.50. The standard InChI is InChI=1S/C23H15NO2S/c25-14-5-3-12-8-18-21(20-2-1-7-27-20)19-9-13-4-6-15(26)11-17(13)23(19)24-22(18)16(12)10-14/h1-7,10-11,25-26H,8-9H2. The summed E-state index contributed by atoms with van der Waals surface area (Å²) in [4.78, 5) is 6.30. The predicted molar refractivity (Wildman–Crippen MR) is 107 cm³/mol. The largest absolute Gasteiger partial charge is 0.508 e. The fraction of sp³-hybridized carbons (Fsp3) is 0.0870. The second kappa shape index (κ2) is 5.21. The summed E-state index contributed by atoms with van der Waals surface area (Å²) in [6, 6.07) is 15.4. The minimum absolute atomic E-state index is 0.264. The summed E-state index contributed by atoms with van der Waals surface area (Å²) in [6.45, 7) is 0. The van der Waals surface area contributed by atoms with Gasteiger partial charge in [-0.15, -0.1) is 11.3 Å². The van der Waals surface area contributed by atoms with Gasteiger partial charge in [-0.25, -0.2) is 4.98 Å². The Morgan fingerprint density at radius 2 is 1.37 bits per heavy atom. The van der Waals surface area contributed by atoms with Crippen LogP contribution in [0.1, 0.15) is 22.3 Å². The van der Waals surface area contributed by atoms with Crippen molar-refractivity contribution >= 4 is 11.3 Å². The van der Waals surface area contributed by atoms with Crippen LogP contribution in [0.3, 0.4) is 0 Å². The molecule has 0 fully saturated rings. The smallest absolute Gasteiger partial charge is 0.116 e. The molecule has 2 aliphatic carbocycles. The van der Waals surface area contributed by atoms with Crippen molar-refractivity contribution in [2.75, 3.05) is 0 Å². The van der Waals surface area contributed by atoms with Gasteiger partial charge >= 0.3 is 0 Å². The van der Waals surface area contributed by atoms with Crippen LogP contribution in [0.4, 0.5) is 0 Å². The van der Waals surface area contributed by atoms with Gasteiger partial charge in [0.2, 0.25) is 0 Å². The highest BCUT2D eigenvalue weighted by Gasteiger charge is 2.32. The number of benzene rings is 2. The number of fused-ring (bicyclic) bond motifs is 6. The van der Waals surface area contributed by atoms with E-state index in [4.69, 9.17) is 4.98 Å². The van der Waals surface area contributed by atoms with Crippen molar-refractivity contribution < 1.29 is 10.2 Å². The third-order valence-corrected chi connectivity index (χ3v) is 6.49. The molecular weight excluding hydrogens is 354 g/mol. The van der Waals surface area contributed by atoms with Crippen molar-refractivity contribution in [3.05, 3.63) is 76.2 Å². The van der Waals surface area contributed by atoms with E-state index in [9.17, 15) is 10.2 Å². The quantitative estimate of drug-likeness (QED) is 0.410. The first-order valence-corrected chi connectivity index (χ1v) is 9.81. The molecule has 27 heavy (non-hydrogen) atoms. The molecule has 2 aromatic heterocycles. The first-order valence-electron chi connectivity index (χ1n) is 8.93. The highest BCUT2D eigenvalue weighted by atomic mass is 32.1. The lowest BCUT2D eigenvalue weighted by Crippen LogP contribution is -1.97. The summed E-state index contributed by atoms with van der Waals surface area (Å²) in [5, 5.41) is 22.1. The SMILES string of the molecule is Oc1ccc2c(c1)-c1nc3c(c(-c4cccs4)c1C2)Cc1ccc(O)cc1-3. The normalized spacial score (nSPS) is 13.2. The number of rotatable bonds is 1. The van der Waals surface area contributed by atoms with Gasteiger partial charge in [-0.1, -0.05) is 18.2 Å². The van der Waals surface area contributed by atoms with Crippen LogP contribution < -0.4 is 0 Å². The Morgan fingerprint density at radius 3 is 1.89 bits per heavy atom. The number of aromatic hydroxyl groups is 2. The molecule has 2 heterocycles. The summed E-state index contributed by atoms with van der Waals surface area (Å²) in [5.74, 6) is 0.527. The Hall–Kier alpha value is -3.11. The van der Waals surface area contributed by atoms with Crippen LogP contribution in [0, 0.1) is 0 Å². The molecule has 4 aromatic rings. The van der Waals surface area contributed by atoms with Crippen LogP contribution in [0.15, 0.2) is 53.9 Å². The van der Waals surface area contributed by atoms with E-state index in [1.165, 1.54) is 32.7 Å². The number of pyridine rings is 1. The number of aromatic nitrogens is 1. The maximum Gasteiger partial charge on any atom is 0.116 e. The maximum absolute atomic E-state index is 10.0. The number of phenolic OH excluding ortho intramolecular Hbond substituents is 2. The van der Waals surface area contributed by atoms with E-state index in [2.05, 4.69) is 17.5 Å². The number of phenols is 2. The Bertz CT molecular complexity index is 1160. The number of nitrogens with zero attached hydrogens (tertiary/aromatic N) is 1. The molecule has 0 bridgehead atoms. The summed E-state index contributed by atoms with van der Waals surface area (Å²) < 4.78 is 0. The monoisotopic (exact) mass is 369 g/mol. The van der Waals surface area contributed by atoms with Gasteiger partial charge in [0.15, 0.2) is 0 Å². The van der Waals surface area contributed by atoms with Crippen molar-refractivity contribution in [2.45, 2.75) is 12.8 Å². The van der Waals surface area contributed by atoms with Crippen molar-refractivity contribution in [3.63, 3.8) is 0 Å². The molecule has 0 aliphatic heterocycles. The van der Waals surface area contributed by atoms with E-state index in [0.717, 1.165) is 35.4 Å². The van der Waals surface area contributed by atoms with E-state index in [1.807, 2.05) is 24.3 Å². The van der Waals surface area contributed by atoms with Gasteiger partial charge in [-0.05, 0) is 58.0 Å². The van der Waals surface area contributed by atoms with E-state index in [0.29, 0.717) is 0 Å². The lowest BCUT2D eigenvalue weighted by atomic mass is 9.97. The van der Waals surface area contributed by atoms with Crippen LogP contribution in [-0.2, 0) is 12.8 Å². The molecule has 4 heteroatoms. The molecule has 0 radical (unpaired) electrons. The van der Waals surface area contributed by atoms with Crippen LogP contribution in [0.25, 0.3) is 33.0 Å². The summed E-state index contributed by atoms with van der Waals surface area (Å²) in [6.07, 6.45) is 1.67. The molecule has 0 saturated carbocycles. The summed E-state index contributed by atoms with van der Waals surface area (Å²) in [7, 11) is 0. The maximum atomic E-state index is 10.0. The Labute approximate surface area is 160 Å². The number of hydrogen-bond acceptors (Lipinski definition) is 4. The predicted octanol–water partition coefficient (Wildman–Crippen LogP) is 5.36. The fourth-order valence-electron chi connectivity index (χ4n) is 4.43. The minimum Gasteiger partial charge on any atom is -0.508 e. The molecule has 0 amide bonds. The lowest BCUT2D eigenvalue weighted by molar-refractivity contribution is 0.475. The molecule has 130 valence electrons. The van der Waals surface area contributed by atoms with Crippen LogP contribution >= 0.6 is 11.3 Å². The molecule has 2 aliphatic rings. The fourth-order valence-corrected chi connectivity index (χ4v) is 5.26. The van der Waals surface area contributed by atoms with Crippen molar-refractivity contribution in [2.24, 2.45) is 0 Å². The summed E-state index contributed by atoms with van der Waals surface area (Å²) >= 11 is 1.75. The average molecular weight is 369 g/mol. The second-order valence-electron chi connectivity index (χ2n) is 7.15. The zero-order valence-corrected chi connectivity index (χ0v) is 15.2. The zero-order valence-electron chi connectivity index (χ0n) is 14.4. The summed E-state index contributed by atoms with van der Waals surface area (Å²) in [5.41, 5.74) is 10.1. The molecular formula is C23H15NO2S. The molecule has 0 atom stereocenters. The molecule has 2 N–H and O–H groups in total. The third-order valence-electron chi connectivity index (χ3n) is 5.60. The molecule has 2 aromatic carbocycles. The van der Waals surface area contributed by atoms with E-state index >= 15 is 0 Å². The Kier molecular flexibility index (Phi) is 2.89. The van der Waals surface area contributed by atoms with Gasteiger partial charge in [0.05, 0.1) is 11.4 Å². The minimum atomic E-state index is 0.264. The van der Waals surface area contributed by atoms with E-state index in [1.54, 1.807) is 23.5 Å². The highest BCUT2D eigenvalue weighted by molar-refractivity contribution is 7.13. The zero-order chi connectivity index (χ0) is 18.1. The topological polar surface area (TPSA) is 53.4 Å². The second-order valence-corrected chi connectivity index (χ2v) is 8.10. The van der Waals surface area contributed by atoms with Crippen LogP contribution in [0.2, 0.25) is 0 Å². The molecule has 3 nitrogen and oxygen atoms in total. The van der Waals surface area contributed by atoms with Crippen molar-refractivity contribution in [1.29, 1.82) is 0 Å². The van der Waals surface area contributed by atoms with E-state index in [-0.39, 0.29) is 11.5 Å². The van der Waals surface area contributed by atoms with Crippen LogP contribution in [0.5, 0.6) is 11.5 Å².